The van der Waals surface area contributed by atoms with E-state index in [0.717, 1.165) is 38.3 Å². The third-order valence-electron chi connectivity index (χ3n) is 3.46. The average Bonchev–Trinajstić information content (AvgIpc) is 2.74. The van der Waals surface area contributed by atoms with Crippen molar-refractivity contribution in [3.05, 3.63) is 0 Å². The van der Waals surface area contributed by atoms with Crippen molar-refractivity contribution in [1.82, 2.24) is 10.2 Å². The van der Waals surface area contributed by atoms with Gasteiger partial charge in [0.1, 0.15) is 0 Å². The lowest BCUT2D eigenvalue weighted by Crippen LogP contribution is -2.25. The van der Waals surface area contributed by atoms with Crippen molar-refractivity contribution >= 4 is 5.97 Å². The number of unbranched alkanes of at least 4 members (excludes halogenated alkanes) is 2. The van der Waals surface area contributed by atoms with Gasteiger partial charge in [-0.25, -0.2) is 0 Å². The van der Waals surface area contributed by atoms with Crippen molar-refractivity contribution in [1.29, 1.82) is 0 Å². The first kappa shape index (κ1) is 15.4. The summed E-state index contributed by atoms with van der Waals surface area (Å²) in [6.45, 7) is 7.03. The first-order valence-corrected chi connectivity index (χ1v) is 7.27. The zero-order valence-electron chi connectivity index (χ0n) is 11.9. The molecule has 1 unspecified atom stereocenters. The molecule has 18 heavy (non-hydrogen) atoms. The van der Waals surface area contributed by atoms with Crippen LogP contribution in [0.4, 0.5) is 0 Å². The smallest absolute Gasteiger partial charge is 0.305 e. The number of hydrogen-bond acceptors (Lipinski definition) is 4. The van der Waals surface area contributed by atoms with E-state index in [4.69, 9.17) is 4.74 Å². The molecule has 4 nitrogen and oxygen atoms in total. The quantitative estimate of drug-likeness (QED) is 0.503. The van der Waals surface area contributed by atoms with Crippen LogP contribution in [0.1, 0.15) is 39.0 Å². The Hall–Kier alpha value is -0.610. The lowest BCUT2D eigenvalue weighted by Gasteiger charge is -2.11. The Balaban J connectivity index is 1.83. The fourth-order valence-corrected chi connectivity index (χ4v) is 2.43. The minimum atomic E-state index is -0.0561. The standard InChI is InChI=1S/C14H28N2O2/c1-3-18-14(17)7-5-4-6-9-15-11-13-8-10-16(2)12-13/h13,15H,3-12H2,1-2H3. The molecule has 0 saturated carbocycles. The third kappa shape index (κ3) is 6.97. The lowest BCUT2D eigenvalue weighted by atomic mass is 10.1. The number of esters is 1. The number of carbonyl (C=O) groups excluding carboxylic acids is 1. The van der Waals surface area contributed by atoms with Gasteiger partial charge in [-0.3, -0.25) is 4.79 Å². The summed E-state index contributed by atoms with van der Waals surface area (Å²) in [5.74, 6) is 0.772. The second kappa shape index (κ2) is 9.34. The van der Waals surface area contributed by atoms with Crippen LogP contribution < -0.4 is 5.32 Å². The summed E-state index contributed by atoms with van der Waals surface area (Å²) in [6.07, 6.45) is 5.11. The second-order valence-corrected chi connectivity index (χ2v) is 5.24. The molecule has 0 aromatic heterocycles. The van der Waals surface area contributed by atoms with Gasteiger partial charge in [-0.15, -0.1) is 0 Å². The predicted octanol–water partition coefficient (Wildman–Crippen LogP) is 1.65. The van der Waals surface area contributed by atoms with Crippen molar-refractivity contribution in [2.45, 2.75) is 39.0 Å². The fraction of sp³-hybridized carbons (Fsp3) is 0.929. The van der Waals surface area contributed by atoms with E-state index in [1.54, 1.807) is 0 Å². The van der Waals surface area contributed by atoms with Gasteiger partial charge >= 0.3 is 5.97 Å². The molecule has 4 heteroatoms. The summed E-state index contributed by atoms with van der Waals surface area (Å²) >= 11 is 0. The number of ether oxygens (including phenoxy) is 1. The van der Waals surface area contributed by atoms with E-state index >= 15 is 0 Å². The van der Waals surface area contributed by atoms with Gasteiger partial charge in [0.25, 0.3) is 0 Å². The topological polar surface area (TPSA) is 41.6 Å². The van der Waals surface area contributed by atoms with Crippen LogP contribution in [0.25, 0.3) is 0 Å². The highest BCUT2D eigenvalue weighted by molar-refractivity contribution is 5.69. The predicted molar refractivity (Wildman–Crippen MR) is 73.6 cm³/mol. The maximum absolute atomic E-state index is 11.1. The highest BCUT2D eigenvalue weighted by Crippen LogP contribution is 2.12. The maximum Gasteiger partial charge on any atom is 0.305 e. The van der Waals surface area contributed by atoms with E-state index in [0.29, 0.717) is 13.0 Å². The van der Waals surface area contributed by atoms with Crippen molar-refractivity contribution in [2.24, 2.45) is 5.92 Å². The Kier molecular flexibility index (Phi) is 8.01. The average molecular weight is 256 g/mol. The van der Waals surface area contributed by atoms with Crippen LogP contribution in [-0.4, -0.2) is 50.7 Å². The molecule has 106 valence electrons. The molecule has 0 radical (unpaired) electrons. The molecule has 1 fully saturated rings. The van der Waals surface area contributed by atoms with Gasteiger partial charge in [-0.1, -0.05) is 6.42 Å². The molecule has 0 bridgehead atoms. The minimum Gasteiger partial charge on any atom is -0.466 e. The molecule has 1 atom stereocenters. The Labute approximate surface area is 111 Å². The van der Waals surface area contributed by atoms with Gasteiger partial charge in [0.2, 0.25) is 0 Å². The van der Waals surface area contributed by atoms with Gasteiger partial charge in [-0.05, 0) is 58.8 Å². The van der Waals surface area contributed by atoms with Gasteiger partial charge in [0, 0.05) is 13.0 Å². The summed E-state index contributed by atoms with van der Waals surface area (Å²) in [5, 5.41) is 3.52. The summed E-state index contributed by atoms with van der Waals surface area (Å²) in [6, 6.07) is 0. The molecular formula is C14H28N2O2. The van der Waals surface area contributed by atoms with Gasteiger partial charge < -0.3 is 15.0 Å². The Morgan fingerprint density at radius 3 is 2.89 bits per heavy atom. The molecule has 1 rings (SSSR count). The lowest BCUT2D eigenvalue weighted by molar-refractivity contribution is -0.143. The number of hydrogen-bond donors (Lipinski definition) is 1. The first-order chi connectivity index (χ1) is 8.72. The highest BCUT2D eigenvalue weighted by Gasteiger charge is 2.18. The van der Waals surface area contributed by atoms with Crippen molar-refractivity contribution in [2.75, 3.05) is 39.8 Å². The Bertz CT molecular complexity index is 234. The van der Waals surface area contributed by atoms with Gasteiger partial charge in [0.05, 0.1) is 6.61 Å². The molecule has 0 aromatic carbocycles. The van der Waals surface area contributed by atoms with E-state index in [2.05, 4.69) is 17.3 Å². The van der Waals surface area contributed by atoms with E-state index in [-0.39, 0.29) is 5.97 Å². The number of rotatable bonds is 9. The molecule has 1 aliphatic heterocycles. The zero-order valence-corrected chi connectivity index (χ0v) is 11.9. The van der Waals surface area contributed by atoms with Gasteiger partial charge in [0.15, 0.2) is 0 Å². The number of nitrogens with zero attached hydrogens (tertiary/aromatic N) is 1. The molecule has 1 N–H and O–H groups in total. The van der Waals surface area contributed by atoms with Crippen LogP contribution in [0.3, 0.4) is 0 Å². The fourth-order valence-electron chi connectivity index (χ4n) is 2.43. The molecule has 0 aromatic rings. The first-order valence-electron chi connectivity index (χ1n) is 7.27. The highest BCUT2D eigenvalue weighted by atomic mass is 16.5. The molecule has 1 saturated heterocycles. The number of carbonyl (C=O) groups is 1. The van der Waals surface area contributed by atoms with Crippen LogP contribution in [0.2, 0.25) is 0 Å². The largest absolute Gasteiger partial charge is 0.466 e. The number of nitrogens with one attached hydrogen (secondary N) is 1. The van der Waals surface area contributed by atoms with Crippen LogP contribution in [0, 0.1) is 5.92 Å². The summed E-state index contributed by atoms with van der Waals surface area (Å²) < 4.78 is 4.89. The summed E-state index contributed by atoms with van der Waals surface area (Å²) in [4.78, 5) is 13.5. The van der Waals surface area contributed by atoms with Crippen LogP contribution >= 0.6 is 0 Å². The molecule has 1 heterocycles. The number of likely N-dealkylation sites (tertiary alicyclic amines) is 1. The molecule has 0 aliphatic carbocycles. The third-order valence-corrected chi connectivity index (χ3v) is 3.46. The minimum absolute atomic E-state index is 0.0561. The Morgan fingerprint density at radius 2 is 2.22 bits per heavy atom. The van der Waals surface area contributed by atoms with E-state index < -0.39 is 0 Å². The molecule has 0 amide bonds. The molecule has 0 spiro atoms. The SMILES string of the molecule is CCOC(=O)CCCCCNCC1CCN(C)C1. The van der Waals surface area contributed by atoms with Crippen molar-refractivity contribution in [3.63, 3.8) is 0 Å². The van der Waals surface area contributed by atoms with E-state index in [9.17, 15) is 4.79 Å². The second-order valence-electron chi connectivity index (χ2n) is 5.24. The van der Waals surface area contributed by atoms with Crippen molar-refractivity contribution in [3.8, 4) is 0 Å². The zero-order chi connectivity index (χ0) is 13.2. The van der Waals surface area contributed by atoms with Crippen LogP contribution in [-0.2, 0) is 9.53 Å². The summed E-state index contributed by atoms with van der Waals surface area (Å²) in [5.41, 5.74) is 0. The van der Waals surface area contributed by atoms with E-state index in [1.165, 1.54) is 19.5 Å². The van der Waals surface area contributed by atoms with Crippen molar-refractivity contribution < 1.29 is 9.53 Å². The molecule has 1 aliphatic rings. The molecular weight excluding hydrogens is 228 g/mol. The normalized spacial score (nSPS) is 20.2. The maximum atomic E-state index is 11.1. The summed E-state index contributed by atoms with van der Waals surface area (Å²) in [7, 11) is 2.19. The van der Waals surface area contributed by atoms with Gasteiger partial charge in [-0.2, -0.15) is 0 Å². The monoisotopic (exact) mass is 256 g/mol. The Morgan fingerprint density at radius 1 is 1.39 bits per heavy atom. The van der Waals surface area contributed by atoms with Crippen LogP contribution in [0.15, 0.2) is 0 Å². The van der Waals surface area contributed by atoms with E-state index in [1.807, 2.05) is 6.92 Å². The van der Waals surface area contributed by atoms with Crippen LogP contribution in [0.5, 0.6) is 0 Å².